The molecule has 5 heteroatoms. The number of halogens is 1. The van der Waals surface area contributed by atoms with Gasteiger partial charge in [0.05, 0.1) is 17.5 Å². The summed E-state index contributed by atoms with van der Waals surface area (Å²) in [6.07, 6.45) is 7.12. The van der Waals surface area contributed by atoms with Crippen LogP contribution in [0.15, 0.2) is 30.5 Å². The number of H-pyrrole nitrogens is 1. The minimum absolute atomic E-state index is 0.539. The molecule has 118 valence electrons. The third kappa shape index (κ3) is 3.69. The molecule has 0 atom stereocenters. The fraction of sp³-hybridized carbons (Fsp3) is 0.471. The van der Waals surface area contributed by atoms with Crippen LogP contribution in [0.2, 0.25) is 5.02 Å². The molecule has 1 saturated carbocycles. The van der Waals surface area contributed by atoms with Gasteiger partial charge in [0.25, 0.3) is 0 Å². The molecule has 0 bridgehead atoms. The average molecular weight is 320 g/mol. The summed E-state index contributed by atoms with van der Waals surface area (Å²) in [6.45, 7) is 1.33. The molecule has 22 heavy (non-hydrogen) atoms. The lowest BCUT2D eigenvalue weighted by molar-refractivity contribution is 0.00468. The number of aliphatic hydroxyl groups is 1. The van der Waals surface area contributed by atoms with Crippen LogP contribution in [0, 0.1) is 0 Å². The quantitative estimate of drug-likeness (QED) is 0.790. The lowest BCUT2D eigenvalue weighted by Crippen LogP contribution is -2.41. The molecule has 2 aromatic rings. The van der Waals surface area contributed by atoms with Gasteiger partial charge in [-0.1, -0.05) is 43.0 Å². The summed E-state index contributed by atoms with van der Waals surface area (Å²) in [4.78, 5) is 0. The van der Waals surface area contributed by atoms with E-state index in [1.54, 1.807) is 0 Å². The number of benzene rings is 1. The lowest BCUT2D eigenvalue weighted by atomic mass is 9.85. The van der Waals surface area contributed by atoms with Gasteiger partial charge in [-0.25, -0.2) is 0 Å². The van der Waals surface area contributed by atoms with Gasteiger partial charge in [0.1, 0.15) is 0 Å². The monoisotopic (exact) mass is 319 g/mol. The van der Waals surface area contributed by atoms with Crippen molar-refractivity contribution in [3.63, 3.8) is 0 Å². The fourth-order valence-corrected chi connectivity index (χ4v) is 3.25. The Morgan fingerprint density at radius 2 is 1.91 bits per heavy atom. The maximum absolute atomic E-state index is 10.5. The highest BCUT2D eigenvalue weighted by Gasteiger charge is 2.28. The van der Waals surface area contributed by atoms with Crippen LogP contribution in [-0.4, -0.2) is 27.4 Å². The average Bonchev–Trinajstić information content (AvgIpc) is 2.97. The van der Waals surface area contributed by atoms with E-state index in [4.69, 9.17) is 11.6 Å². The van der Waals surface area contributed by atoms with Gasteiger partial charge in [-0.3, -0.25) is 5.10 Å². The summed E-state index contributed by atoms with van der Waals surface area (Å²) < 4.78 is 0. The summed E-state index contributed by atoms with van der Waals surface area (Å²) in [6, 6.07) is 7.71. The van der Waals surface area contributed by atoms with Crippen molar-refractivity contribution in [2.24, 2.45) is 0 Å². The highest BCUT2D eigenvalue weighted by atomic mass is 35.5. The summed E-state index contributed by atoms with van der Waals surface area (Å²) in [7, 11) is 0. The maximum Gasteiger partial charge on any atom is 0.0771 e. The Kier molecular flexibility index (Phi) is 4.81. The van der Waals surface area contributed by atoms with Crippen LogP contribution in [0.1, 0.15) is 37.7 Å². The zero-order valence-electron chi connectivity index (χ0n) is 12.6. The molecule has 3 N–H and O–H groups in total. The van der Waals surface area contributed by atoms with E-state index in [0.717, 1.165) is 47.5 Å². The molecule has 1 heterocycles. The third-order valence-corrected chi connectivity index (χ3v) is 4.66. The van der Waals surface area contributed by atoms with Crippen molar-refractivity contribution < 1.29 is 5.11 Å². The number of aromatic nitrogens is 2. The standard InChI is InChI=1S/C17H22ClN3O/c18-15-6-4-13(5-7-15)16-14(11-20-21-16)10-19-12-17(22)8-2-1-3-9-17/h4-7,11,19,22H,1-3,8-10,12H2,(H,20,21). The van der Waals surface area contributed by atoms with Crippen LogP contribution in [0.5, 0.6) is 0 Å². The SMILES string of the molecule is OC1(CNCc2cn[nH]c2-c2ccc(Cl)cc2)CCCCC1. The molecule has 0 spiro atoms. The first-order chi connectivity index (χ1) is 10.7. The summed E-state index contributed by atoms with van der Waals surface area (Å²) in [5.74, 6) is 0. The molecule has 0 aliphatic heterocycles. The van der Waals surface area contributed by atoms with E-state index in [1.165, 1.54) is 6.42 Å². The second kappa shape index (κ2) is 6.82. The van der Waals surface area contributed by atoms with Crippen LogP contribution >= 0.6 is 11.6 Å². The van der Waals surface area contributed by atoms with Crippen molar-refractivity contribution in [3.8, 4) is 11.3 Å². The van der Waals surface area contributed by atoms with Gasteiger partial charge in [-0.15, -0.1) is 0 Å². The van der Waals surface area contributed by atoms with Gasteiger partial charge >= 0.3 is 0 Å². The van der Waals surface area contributed by atoms with E-state index >= 15 is 0 Å². The van der Waals surface area contributed by atoms with Gasteiger partial charge in [-0.2, -0.15) is 5.10 Å². The second-order valence-electron chi connectivity index (χ2n) is 6.17. The Bertz CT molecular complexity index is 603. The maximum atomic E-state index is 10.5. The minimum Gasteiger partial charge on any atom is -0.389 e. The number of hydrogen-bond acceptors (Lipinski definition) is 3. The van der Waals surface area contributed by atoms with Crippen LogP contribution in [0.3, 0.4) is 0 Å². The van der Waals surface area contributed by atoms with Gasteiger partial charge in [0.15, 0.2) is 0 Å². The van der Waals surface area contributed by atoms with E-state index in [1.807, 2.05) is 30.5 Å². The Labute approximate surface area is 135 Å². The van der Waals surface area contributed by atoms with Crippen molar-refractivity contribution >= 4 is 11.6 Å². The first-order valence-corrected chi connectivity index (χ1v) is 8.25. The van der Waals surface area contributed by atoms with Gasteiger partial charge in [0, 0.05) is 23.7 Å². The summed E-state index contributed by atoms with van der Waals surface area (Å²) in [5, 5.41) is 21.8. The number of aromatic amines is 1. The zero-order chi connectivity index (χ0) is 15.4. The Balaban J connectivity index is 1.62. The Morgan fingerprint density at radius 3 is 2.64 bits per heavy atom. The molecule has 4 nitrogen and oxygen atoms in total. The van der Waals surface area contributed by atoms with Crippen LogP contribution < -0.4 is 5.32 Å². The molecule has 1 aliphatic carbocycles. The number of nitrogens with one attached hydrogen (secondary N) is 2. The minimum atomic E-state index is -0.539. The highest BCUT2D eigenvalue weighted by molar-refractivity contribution is 6.30. The van der Waals surface area contributed by atoms with Crippen molar-refractivity contribution in [1.29, 1.82) is 0 Å². The predicted octanol–water partition coefficient (Wildman–Crippen LogP) is 3.51. The largest absolute Gasteiger partial charge is 0.389 e. The molecule has 1 aromatic carbocycles. The third-order valence-electron chi connectivity index (χ3n) is 4.40. The number of nitrogens with zero attached hydrogens (tertiary/aromatic N) is 1. The second-order valence-corrected chi connectivity index (χ2v) is 6.60. The van der Waals surface area contributed by atoms with Crippen molar-refractivity contribution in [2.75, 3.05) is 6.54 Å². The van der Waals surface area contributed by atoms with E-state index in [2.05, 4.69) is 15.5 Å². The molecule has 0 unspecified atom stereocenters. The number of hydrogen-bond donors (Lipinski definition) is 3. The van der Waals surface area contributed by atoms with Gasteiger partial charge in [-0.05, 0) is 30.5 Å². The van der Waals surface area contributed by atoms with Crippen molar-refractivity contribution in [2.45, 2.75) is 44.2 Å². The molecule has 0 saturated heterocycles. The van der Waals surface area contributed by atoms with E-state index in [-0.39, 0.29) is 0 Å². The van der Waals surface area contributed by atoms with E-state index < -0.39 is 5.60 Å². The predicted molar refractivity (Wildman–Crippen MR) is 88.8 cm³/mol. The lowest BCUT2D eigenvalue weighted by Gasteiger charge is -2.32. The van der Waals surface area contributed by atoms with Gasteiger partial charge in [0.2, 0.25) is 0 Å². The highest BCUT2D eigenvalue weighted by Crippen LogP contribution is 2.28. The van der Waals surface area contributed by atoms with Gasteiger partial charge < -0.3 is 10.4 Å². The van der Waals surface area contributed by atoms with Crippen LogP contribution in [0.4, 0.5) is 0 Å². The Morgan fingerprint density at radius 1 is 1.18 bits per heavy atom. The van der Waals surface area contributed by atoms with Crippen LogP contribution in [0.25, 0.3) is 11.3 Å². The van der Waals surface area contributed by atoms with Crippen molar-refractivity contribution in [1.82, 2.24) is 15.5 Å². The van der Waals surface area contributed by atoms with E-state index in [0.29, 0.717) is 13.1 Å². The fourth-order valence-electron chi connectivity index (χ4n) is 3.13. The normalized spacial score (nSPS) is 17.5. The molecule has 1 aromatic heterocycles. The summed E-state index contributed by atoms with van der Waals surface area (Å²) >= 11 is 5.93. The number of rotatable bonds is 5. The van der Waals surface area contributed by atoms with E-state index in [9.17, 15) is 5.11 Å². The zero-order valence-corrected chi connectivity index (χ0v) is 13.4. The molecular formula is C17H22ClN3O. The molecule has 1 aliphatic rings. The Hall–Kier alpha value is -1.36. The molecule has 1 fully saturated rings. The topological polar surface area (TPSA) is 60.9 Å². The molecular weight excluding hydrogens is 298 g/mol. The molecule has 3 rings (SSSR count). The first kappa shape index (κ1) is 15.5. The first-order valence-electron chi connectivity index (χ1n) is 7.88. The molecule has 0 radical (unpaired) electrons. The smallest absolute Gasteiger partial charge is 0.0771 e. The summed E-state index contributed by atoms with van der Waals surface area (Å²) in [5.41, 5.74) is 2.62. The van der Waals surface area contributed by atoms with Crippen molar-refractivity contribution in [3.05, 3.63) is 41.0 Å². The molecule has 0 amide bonds. The van der Waals surface area contributed by atoms with Crippen LogP contribution in [-0.2, 0) is 6.54 Å².